The van der Waals surface area contributed by atoms with Crippen molar-refractivity contribution in [3.05, 3.63) is 52.7 Å². The number of benzene rings is 1. The van der Waals surface area contributed by atoms with Gasteiger partial charge in [-0.2, -0.15) is 4.98 Å². The second-order valence-corrected chi connectivity index (χ2v) is 5.54. The van der Waals surface area contributed by atoms with E-state index in [4.69, 9.17) is 25.4 Å². The molecular weight excluding hydrogens is 334 g/mol. The Bertz CT molecular complexity index is 826. The monoisotopic (exact) mass is 347 g/mol. The van der Waals surface area contributed by atoms with Gasteiger partial charge >= 0.3 is 5.97 Å². The summed E-state index contributed by atoms with van der Waals surface area (Å²) in [6.07, 6.45) is 0.441. The molecule has 24 heavy (non-hydrogen) atoms. The molecule has 8 heteroatoms. The molecule has 0 saturated carbocycles. The van der Waals surface area contributed by atoms with Crippen molar-refractivity contribution in [1.82, 2.24) is 15.3 Å². The highest BCUT2D eigenvalue weighted by atomic mass is 35.5. The van der Waals surface area contributed by atoms with E-state index in [0.29, 0.717) is 34.6 Å². The van der Waals surface area contributed by atoms with Crippen LogP contribution < -0.4 is 0 Å². The van der Waals surface area contributed by atoms with Crippen LogP contribution in [0.2, 0.25) is 5.02 Å². The molecule has 0 N–H and O–H groups in total. The molecule has 0 fully saturated rings. The van der Waals surface area contributed by atoms with Gasteiger partial charge in [-0.15, -0.1) is 0 Å². The number of hydrogen-bond donors (Lipinski definition) is 0. The van der Waals surface area contributed by atoms with E-state index in [0.717, 1.165) is 5.56 Å². The fraction of sp³-hybridized carbons (Fsp3) is 0.250. The molecule has 0 atom stereocenters. The standard InChI is InChI=1S/C16H14ClN3O4/c1-10-8-13(19-23-10)9-22-15(21)7-6-14-18-16(20-24-14)11-2-4-12(17)5-3-11/h2-5,8H,6-7,9H2,1H3. The Balaban J connectivity index is 1.49. The topological polar surface area (TPSA) is 91.2 Å². The van der Waals surface area contributed by atoms with Crippen LogP contribution in [-0.4, -0.2) is 21.3 Å². The van der Waals surface area contributed by atoms with Gasteiger partial charge in [-0.05, 0) is 31.2 Å². The van der Waals surface area contributed by atoms with Gasteiger partial charge in [-0.1, -0.05) is 21.9 Å². The number of carbonyl (C=O) groups excluding carboxylic acids is 1. The molecule has 0 saturated heterocycles. The minimum atomic E-state index is -0.373. The number of nitrogens with zero attached hydrogens (tertiary/aromatic N) is 3. The molecule has 0 aliphatic carbocycles. The third kappa shape index (κ3) is 4.20. The van der Waals surface area contributed by atoms with Crippen LogP contribution in [0.15, 0.2) is 39.4 Å². The van der Waals surface area contributed by atoms with Gasteiger partial charge in [0.1, 0.15) is 18.1 Å². The predicted octanol–water partition coefficient (Wildman–Crippen LogP) is 3.36. The zero-order valence-corrected chi connectivity index (χ0v) is 13.6. The largest absolute Gasteiger partial charge is 0.459 e. The minimum absolute atomic E-state index is 0.0794. The number of esters is 1. The first-order valence-corrected chi connectivity index (χ1v) is 7.64. The summed E-state index contributed by atoms with van der Waals surface area (Å²) in [7, 11) is 0. The van der Waals surface area contributed by atoms with Gasteiger partial charge in [0.25, 0.3) is 0 Å². The van der Waals surface area contributed by atoms with E-state index in [1.807, 2.05) is 0 Å². The molecule has 124 valence electrons. The summed E-state index contributed by atoms with van der Waals surface area (Å²) in [5, 5.41) is 8.27. The summed E-state index contributed by atoms with van der Waals surface area (Å²) in [4.78, 5) is 16.0. The number of rotatable bonds is 6. The molecule has 3 rings (SSSR count). The van der Waals surface area contributed by atoms with Crippen molar-refractivity contribution in [2.75, 3.05) is 0 Å². The van der Waals surface area contributed by atoms with Gasteiger partial charge in [-0.3, -0.25) is 4.79 Å². The number of carbonyl (C=O) groups is 1. The Kier molecular flexibility index (Phi) is 4.90. The predicted molar refractivity (Wildman–Crippen MR) is 84.1 cm³/mol. The highest BCUT2D eigenvalue weighted by Crippen LogP contribution is 2.19. The summed E-state index contributed by atoms with van der Waals surface area (Å²) >= 11 is 5.84. The number of ether oxygens (including phenoxy) is 1. The maximum absolute atomic E-state index is 11.7. The summed E-state index contributed by atoms with van der Waals surface area (Å²) in [6, 6.07) is 8.80. The average Bonchev–Trinajstić information content (AvgIpc) is 3.21. The van der Waals surface area contributed by atoms with Crippen LogP contribution in [0.5, 0.6) is 0 Å². The van der Waals surface area contributed by atoms with Crippen LogP contribution in [0.3, 0.4) is 0 Å². The van der Waals surface area contributed by atoms with Crippen molar-refractivity contribution in [1.29, 1.82) is 0 Å². The molecule has 2 heterocycles. The van der Waals surface area contributed by atoms with E-state index in [9.17, 15) is 4.79 Å². The number of hydrogen-bond acceptors (Lipinski definition) is 7. The number of halogens is 1. The van der Waals surface area contributed by atoms with Crippen LogP contribution in [0.4, 0.5) is 0 Å². The lowest BCUT2D eigenvalue weighted by molar-refractivity contribution is -0.145. The molecule has 3 aromatic rings. The summed E-state index contributed by atoms with van der Waals surface area (Å²) in [6.45, 7) is 1.85. The van der Waals surface area contributed by atoms with Crippen LogP contribution in [-0.2, 0) is 22.6 Å². The SMILES string of the molecule is Cc1cc(COC(=O)CCc2nc(-c3ccc(Cl)cc3)no2)no1. The zero-order chi connectivity index (χ0) is 16.9. The molecule has 1 aromatic carbocycles. The Hall–Kier alpha value is -2.67. The average molecular weight is 348 g/mol. The van der Waals surface area contributed by atoms with Gasteiger partial charge in [0.2, 0.25) is 11.7 Å². The third-order valence-electron chi connectivity index (χ3n) is 3.17. The number of aryl methyl sites for hydroxylation is 2. The van der Waals surface area contributed by atoms with Gasteiger partial charge in [0.05, 0.1) is 6.42 Å². The minimum Gasteiger partial charge on any atom is -0.459 e. The lowest BCUT2D eigenvalue weighted by Crippen LogP contribution is -2.06. The molecule has 0 spiro atoms. The maximum Gasteiger partial charge on any atom is 0.306 e. The molecule has 0 aliphatic rings. The van der Waals surface area contributed by atoms with Gasteiger partial charge in [0.15, 0.2) is 0 Å². The van der Waals surface area contributed by atoms with Crippen LogP contribution >= 0.6 is 11.6 Å². The van der Waals surface area contributed by atoms with Crippen molar-refractivity contribution in [3.8, 4) is 11.4 Å². The van der Waals surface area contributed by atoms with Crippen molar-refractivity contribution in [3.63, 3.8) is 0 Å². The van der Waals surface area contributed by atoms with Crippen molar-refractivity contribution < 1.29 is 18.6 Å². The van der Waals surface area contributed by atoms with Crippen LogP contribution in [0, 0.1) is 6.92 Å². The molecule has 0 aliphatic heterocycles. The van der Waals surface area contributed by atoms with E-state index >= 15 is 0 Å². The first-order valence-electron chi connectivity index (χ1n) is 7.26. The Morgan fingerprint density at radius 2 is 2.00 bits per heavy atom. The molecule has 0 unspecified atom stereocenters. The smallest absolute Gasteiger partial charge is 0.306 e. The highest BCUT2D eigenvalue weighted by Gasteiger charge is 2.12. The molecule has 0 radical (unpaired) electrons. The van der Waals surface area contributed by atoms with Gasteiger partial charge < -0.3 is 13.8 Å². The Labute approximate surface area is 142 Å². The van der Waals surface area contributed by atoms with Crippen LogP contribution in [0.1, 0.15) is 23.8 Å². The fourth-order valence-electron chi connectivity index (χ4n) is 1.99. The maximum atomic E-state index is 11.7. The first-order chi connectivity index (χ1) is 11.6. The lowest BCUT2D eigenvalue weighted by Gasteiger charge is -2.00. The summed E-state index contributed by atoms with van der Waals surface area (Å²) in [5.41, 5.74) is 1.36. The first kappa shape index (κ1) is 16.2. The Morgan fingerprint density at radius 3 is 2.71 bits per heavy atom. The molecule has 0 amide bonds. The quantitative estimate of drug-likeness (QED) is 0.631. The Morgan fingerprint density at radius 1 is 1.21 bits per heavy atom. The van der Waals surface area contributed by atoms with E-state index in [2.05, 4.69) is 15.3 Å². The molecular formula is C16H14ClN3O4. The van der Waals surface area contributed by atoms with E-state index in [1.54, 1.807) is 37.3 Å². The van der Waals surface area contributed by atoms with Crippen molar-refractivity contribution in [2.24, 2.45) is 0 Å². The third-order valence-corrected chi connectivity index (χ3v) is 3.42. The van der Waals surface area contributed by atoms with E-state index < -0.39 is 0 Å². The molecule has 2 aromatic heterocycles. The molecule has 0 bridgehead atoms. The lowest BCUT2D eigenvalue weighted by atomic mass is 10.2. The van der Waals surface area contributed by atoms with E-state index in [-0.39, 0.29) is 19.0 Å². The van der Waals surface area contributed by atoms with Gasteiger partial charge in [-0.25, -0.2) is 0 Å². The van der Waals surface area contributed by atoms with Gasteiger partial charge in [0, 0.05) is 23.1 Å². The second-order valence-electron chi connectivity index (χ2n) is 5.11. The zero-order valence-electron chi connectivity index (χ0n) is 12.9. The highest BCUT2D eigenvalue weighted by molar-refractivity contribution is 6.30. The normalized spacial score (nSPS) is 10.8. The number of aromatic nitrogens is 3. The van der Waals surface area contributed by atoms with Crippen molar-refractivity contribution in [2.45, 2.75) is 26.4 Å². The van der Waals surface area contributed by atoms with Crippen molar-refractivity contribution >= 4 is 17.6 Å². The summed E-state index contributed by atoms with van der Waals surface area (Å²) < 4.78 is 15.1. The summed E-state index contributed by atoms with van der Waals surface area (Å²) in [5.74, 6) is 1.12. The van der Waals surface area contributed by atoms with Crippen LogP contribution in [0.25, 0.3) is 11.4 Å². The van der Waals surface area contributed by atoms with E-state index in [1.165, 1.54) is 0 Å². The fourth-order valence-corrected chi connectivity index (χ4v) is 2.12. The molecule has 7 nitrogen and oxygen atoms in total. The second kappa shape index (κ2) is 7.27.